The summed E-state index contributed by atoms with van der Waals surface area (Å²) < 4.78 is 11.8. The van der Waals surface area contributed by atoms with Gasteiger partial charge in [-0.2, -0.15) is 0 Å². The molecule has 0 radical (unpaired) electrons. The zero-order valence-electron chi connectivity index (χ0n) is 14.7. The average molecular weight is 321 g/mol. The lowest BCUT2D eigenvalue weighted by molar-refractivity contribution is -0.0463. The van der Waals surface area contributed by atoms with E-state index < -0.39 is 0 Å². The van der Waals surface area contributed by atoms with Gasteiger partial charge in [-0.15, -0.1) is 0 Å². The van der Waals surface area contributed by atoms with Crippen molar-refractivity contribution in [2.24, 2.45) is 0 Å². The molecule has 1 amide bonds. The van der Waals surface area contributed by atoms with E-state index in [2.05, 4.69) is 9.88 Å². The van der Waals surface area contributed by atoms with Crippen LogP contribution in [0.3, 0.4) is 0 Å². The van der Waals surface area contributed by atoms with E-state index in [0.29, 0.717) is 31.1 Å². The summed E-state index contributed by atoms with van der Waals surface area (Å²) in [6.07, 6.45) is 1.42. The van der Waals surface area contributed by atoms with Crippen molar-refractivity contribution in [1.29, 1.82) is 0 Å². The van der Waals surface area contributed by atoms with Crippen molar-refractivity contribution in [3.05, 3.63) is 23.9 Å². The van der Waals surface area contributed by atoms with Gasteiger partial charge < -0.3 is 19.3 Å². The third-order valence-corrected chi connectivity index (χ3v) is 3.51. The van der Waals surface area contributed by atoms with Crippen LogP contribution in [-0.4, -0.2) is 72.7 Å². The Balaban J connectivity index is 2.18. The van der Waals surface area contributed by atoms with Crippen molar-refractivity contribution in [3.63, 3.8) is 0 Å². The van der Waals surface area contributed by atoms with Gasteiger partial charge in [0.25, 0.3) is 5.91 Å². The number of hydrogen-bond acceptors (Lipinski definition) is 5. The van der Waals surface area contributed by atoms with Crippen LogP contribution in [0.4, 0.5) is 0 Å². The Bertz CT molecular complexity index is 540. The smallest absolute Gasteiger partial charge is 0.259 e. The number of nitrogens with zero attached hydrogens (tertiary/aromatic N) is 3. The van der Waals surface area contributed by atoms with Crippen LogP contribution in [0.1, 0.15) is 31.1 Å². The molecule has 1 aromatic heterocycles. The maximum Gasteiger partial charge on any atom is 0.259 e. The standard InChI is InChI=1S/C17H27N3O3/c1-17(2,3)22-12-13-11-20(10-9-19(4)5)16(21)14-7-6-8-18-15(14)23-13/h6-8,13H,9-12H2,1-5H3. The number of carbonyl (C=O) groups excluding carboxylic acids is 1. The topological polar surface area (TPSA) is 54.9 Å². The monoisotopic (exact) mass is 321 g/mol. The Morgan fingerprint density at radius 1 is 1.43 bits per heavy atom. The van der Waals surface area contributed by atoms with Crippen LogP contribution in [0.15, 0.2) is 18.3 Å². The predicted molar refractivity (Wildman–Crippen MR) is 88.8 cm³/mol. The summed E-state index contributed by atoms with van der Waals surface area (Å²) in [6, 6.07) is 3.52. The largest absolute Gasteiger partial charge is 0.469 e. The highest BCUT2D eigenvalue weighted by Gasteiger charge is 2.30. The fourth-order valence-electron chi connectivity index (χ4n) is 2.28. The molecule has 0 aliphatic carbocycles. The molecule has 1 unspecified atom stereocenters. The van der Waals surface area contributed by atoms with Gasteiger partial charge in [0.1, 0.15) is 11.7 Å². The Kier molecular flexibility index (Phi) is 5.59. The van der Waals surface area contributed by atoms with E-state index in [1.165, 1.54) is 0 Å². The molecule has 0 spiro atoms. The molecule has 1 aromatic rings. The molecule has 0 saturated heterocycles. The highest BCUT2D eigenvalue weighted by Crippen LogP contribution is 2.23. The molecular formula is C17H27N3O3. The quantitative estimate of drug-likeness (QED) is 0.825. The van der Waals surface area contributed by atoms with Gasteiger partial charge in [0.05, 0.1) is 18.8 Å². The number of ether oxygens (including phenoxy) is 2. The lowest BCUT2D eigenvalue weighted by Gasteiger charge is -2.27. The van der Waals surface area contributed by atoms with Crippen LogP contribution < -0.4 is 4.74 Å². The Labute approximate surface area is 138 Å². The number of pyridine rings is 1. The molecule has 128 valence electrons. The summed E-state index contributed by atoms with van der Waals surface area (Å²) in [4.78, 5) is 20.8. The summed E-state index contributed by atoms with van der Waals surface area (Å²) in [5.41, 5.74) is 0.269. The number of fused-ring (bicyclic) bond motifs is 1. The molecular weight excluding hydrogens is 294 g/mol. The van der Waals surface area contributed by atoms with Crippen molar-refractivity contribution < 1.29 is 14.3 Å². The molecule has 6 heteroatoms. The first-order valence-electron chi connectivity index (χ1n) is 7.96. The SMILES string of the molecule is CN(C)CCN1CC(COC(C)(C)C)Oc2ncccc2C1=O. The lowest BCUT2D eigenvalue weighted by atomic mass is 10.2. The molecule has 1 aliphatic rings. The maximum absolute atomic E-state index is 12.7. The van der Waals surface area contributed by atoms with Crippen molar-refractivity contribution >= 4 is 5.91 Å². The van der Waals surface area contributed by atoms with Crippen molar-refractivity contribution in [2.45, 2.75) is 32.5 Å². The molecule has 1 aliphatic heterocycles. The molecule has 23 heavy (non-hydrogen) atoms. The van der Waals surface area contributed by atoms with Gasteiger partial charge in [0.15, 0.2) is 0 Å². The summed E-state index contributed by atoms with van der Waals surface area (Å²) in [5, 5.41) is 0. The van der Waals surface area contributed by atoms with Crippen LogP contribution in [0.2, 0.25) is 0 Å². The van der Waals surface area contributed by atoms with Crippen LogP contribution in [0.25, 0.3) is 0 Å². The first-order valence-corrected chi connectivity index (χ1v) is 7.96. The number of hydrogen-bond donors (Lipinski definition) is 0. The first kappa shape index (κ1) is 17.7. The molecule has 0 fully saturated rings. The third-order valence-electron chi connectivity index (χ3n) is 3.51. The van der Waals surface area contributed by atoms with E-state index in [-0.39, 0.29) is 17.6 Å². The molecule has 6 nitrogen and oxygen atoms in total. The van der Waals surface area contributed by atoms with Gasteiger partial charge in [-0.3, -0.25) is 4.79 Å². The van der Waals surface area contributed by atoms with Gasteiger partial charge in [0, 0.05) is 19.3 Å². The summed E-state index contributed by atoms with van der Waals surface area (Å²) in [5.74, 6) is 0.362. The normalized spacial score (nSPS) is 18.6. The summed E-state index contributed by atoms with van der Waals surface area (Å²) >= 11 is 0. The third kappa shape index (κ3) is 5.18. The summed E-state index contributed by atoms with van der Waals surface area (Å²) in [7, 11) is 3.99. The van der Waals surface area contributed by atoms with Crippen molar-refractivity contribution in [1.82, 2.24) is 14.8 Å². The zero-order valence-corrected chi connectivity index (χ0v) is 14.7. The van der Waals surface area contributed by atoms with Gasteiger partial charge in [-0.25, -0.2) is 4.98 Å². The molecule has 2 rings (SSSR count). The molecule has 0 bridgehead atoms. The van der Waals surface area contributed by atoms with Crippen LogP contribution in [-0.2, 0) is 4.74 Å². The molecule has 2 heterocycles. The number of rotatable bonds is 5. The Morgan fingerprint density at radius 2 is 2.17 bits per heavy atom. The average Bonchev–Trinajstić information content (AvgIpc) is 2.60. The van der Waals surface area contributed by atoms with E-state index in [1.807, 2.05) is 39.8 Å². The van der Waals surface area contributed by atoms with Gasteiger partial charge in [0.2, 0.25) is 5.88 Å². The first-order chi connectivity index (χ1) is 10.8. The molecule has 0 N–H and O–H groups in total. The fourth-order valence-corrected chi connectivity index (χ4v) is 2.28. The van der Waals surface area contributed by atoms with Gasteiger partial charge in [-0.05, 0) is 47.0 Å². The zero-order chi connectivity index (χ0) is 17.0. The van der Waals surface area contributed by atoms with E-state index in [0.717, 1.165) is 6.54 Å². The second-order valence-corrected chi connectivity index (χ2v) is 7.07. The van der Waals surface area contributed by atoms with Crippen LogP contribution in [0, 0.1) is 0 Å². The van der Waals surface area contributed by atoms with Crippen molar-refractivity contribution in [2.75, 3.05) is 40.3 Å². The second-order valence-electron chi connectivity index (χ2n) is 7.07. The van der Waals surface area contributed by atoms with E-state index in [1.54, 1.807) is 18.3 Å². The molecule has 0 aromatic carbocycles. The Hall–Kier alpha value is -1.66. The van der Waals surface area contributed by atoms with Gasteiger partial charge in [-0.1, -0.05) is 0 Å². The molecule has 1 atom stereocenters. The number of aromatic nitrogens is 1. The van der Waals surface area contributed by atoms with Crippen LogP contribution in [0.5, 0.6) is 5.88 Å². The fraction of sp³-hybridized carbons (Fsp3) is 0.647. The number of carbonyl (C=O) groups is 1. The number of likely N-dealkylation sites (N-methyl/N-ethyl adjacent to an activating group) is 1. The minimum atomic E-state index is -0.249. The highest BCUT2D eigenvalue weighted by molar-refractivity contribution is 5.96. The van der Waals surface area contributed by atoms with E-state index in [4.69, 9.17) is 9.47 Å². The van der Waals surface area contributed by atoms with Crippen molar-refractivity contribution in [3.8, 4) is 5.88 Å². The minimum Gasteiger partial charge on any atom is -0.469 e. The van der Waals surface area contributed by atoms with Gasteiger partial charge >= 0.3 is 0 Å². The highest BCUT2D eigenvalue weighted by atomic mass is 16.5. The maximum atomic E-state index is 12.7. The summed E-state index contributed by atoms with van der Waals surface area (Å²) in [6.45, 7) is 8.38. The molecule has 0 saturated carbocycles. The van der Waals surface area contributed by atoms with E-state index in [9.17, 15) is 4.79 Å². The minimum absolute atomic E-state index is 0.0341. The Morgan fingerprint density at radius 3 is 2.83 bits per heavy atom. The lowest BCUT2D eigenvalue weighted by Crippen LogP contribution is -2.43. The second kappa shape index (κ2) is 7.27. The van der Waals surface area contributed by atoms with Crippen LogP contribution >= 0.6 is 0 Å². The number of amides is 1. The van der Waals surface area contributed by atoms with E-state index >= 15 is 0 Å². The predicted octanol–water partition coefficient (Wildman–Crippen LogP) is 1.66.